The summed E-state index contributed by atoms with van der Waals surface area (Å²) in [4.78, 5) is 14.3. The quantitative estimate of drug-likeness (QED) is 0.606. The van der Waals surface area contributed by atoms with Crippen LogP contribution in [0.1, 0.15) is 44.3 Å². The third kappa shape index (κ3) is 5.74. The summed E-state index contributed by atoms with van der Waals surface area (Å²) in [6.45, 7) is 13.8. The van der Waals surface area contributed by atoms with Gasteiger partial charge in [-0.1, -0.05) is 13.8 Å². The van der Waals surface area contributed by atoms with Gasteiger partial charge in [-0.25, -0.2) is 4.98 Å². The highest BCUT2D eigenvalue weighted by Gasteiger charge is 2.24. The Balaban J connectivity index is 1.96. The topological polar surface area (TPSA) is 43.8 Å². The van der Waals surface area contributed by atoms with Crippen molar-refractivity contribution in [2.24, 2.45) is 10.9 Å². The van der Waals surface area contributed by atoms with E-state index in [1.165, 1.54) is 25.9 Å². The average molecular weight is 352 g/mol. The molecule has 1 atom stereocenters. The van der Waals surface area contributed by atoms with Gasteiger partial charge in [-0.05, 0) is 39.2 Å². The van der Waals surface area contributed by atoms with Crippen molar-refractivity contribution in [3.63, 3.8) is 0 Å². The molecule has 0 unspecified atom stereocenters. The number of nitrogens with one attached hydrogen (secondary N) is 1. The first kappa shape index (κ1) is 19.2. The van der Waals surface area contributed by atoms with Gasteiger partial charge in [0.05, 0.1) is 23.8 Å². The standard InChI is InChI=1S/C18H33N5S/c1-6-19-18(22(5)12-16-13-24-15(4)21-16)20-10-17-8-7-9-23(17)11-14(2)3/h13-14,17H,6-12H2,1-5H3,(H,19,20)/t17-/m1/s1. The molecule has 0 saturated carbocycles. The van der Waals surface area contributed by atoms with E-state index in [0.29, 0.717) is 6.04 Å². The number of hydrogen-bond donors (Lipinski definition) is 1. The second-order valence-corrected chi connectivity index (χ2v) is 8.16. The SMILES string of the molecule is CCNC(=NC[C@H]1CCCN1CC(C)C)N(C)Cc1csc(C)n1. The van der Waals surface area contributed by atoms with Gasteiger partial charge >= 0.3 is 0 Å². The Morgan fingerprint density at radius 2 is 2.33 bits per heavy atom. The third-order valence-electron chi connectivity index (χ3n) is 4.31. The van der Waals surface area contributed by atoms with Gasteiger partial charge in [0.15, 0.2) is 5.96 Å². The van der Waals surface area contributed by atoms with Crippen LogP contribution in [0.15, 0.2) is 10.4 Å². The second-order valence-electron chi connectivity index (χ2n) is 7.09. The van der Waals surface area contributed by atoms with E-state index < -0.39 is 0 Å². The van der Waals surface area contributed by atoms with Crippen molar-refractivity contribution >= 4 is 17.3 Å². The van der Waals surface area contributed by atoms with E-state index in [4.69, 9.17) is 4.99 Å². The highest BCUT2D eigenvalue weighted by molar-refractivity contribution is 7.09. The van der Waals surface area contributed by atoms with Crippen LogP contribution in [0.25, 0.3) is 0 Å². The van der Waals surface area contributed by atoms with Crippen LogP contribution in [-0.4, -0.2) is 60.0 Å². The molecule has 0 spiro atoms. The fourth-order valence-electron chi connectivity index (χ4n) is 3.27. The molecule has 2 heterocycles. The predicted octanol–water partition coefficient (Wildman–Crippen LogP) is 2.97. The van der Waals surface area contributed by atoms with Crippen LogP contribution < -0.4 is 5.32 Å². The maximum Gasteiger partial charge on any atom is 0.194 e. The first-order valence-corrected chi connectivity index (χ1v) is 10.0. The summed E-state index contributed by atoms with van der Waals surface area (Å²) in [6, 6.07) is 0.593. The molecule has 0 radical (unpaired) electrons. The van der Waals surface area contributed by atoms with E-state index in [2.05, 4.69) is 60.2 Å². The van der Waals surface area contributed by atoms with Crippen molar-refractivity contribution < 1.29 is 0 Å². The molecule has 1 N–H and O–H groups in total. The van der Waals surface area contributed by atoms with E-state index in [1.54, 1.807) is 11.3 Å². The molecule has 0 aromatic carbocycles. The number of rotatable bonds is 7. The average Bonchev–Trinajstić information content (AvgIpc) is 3.12. The lowest BCUT2D eigenvalue weighted by molar-refractivity contribution is 0.230. The molecule has 0 aliphatic carbocycles. The van der Waals surface area contributed by atoms with Gasteiger partial charge in [0.1, 0.15) is 0 Å². The maximum absolute atomic E-state index is 4.92. The zero-order valence-electron chi connectivity index (χ0n) is 15.9. The number of guanidine groups is 1. The molecule has 0 amide bonds. The van der Waals surface area contributed by atoms with Crippen molar-refractivity contribution in [1.82, 2.24) is 20.1 Å². The molecule has 5 nitrogen and oxygen atoms in total. The Morgan fingerprint density at radius 1 is 1.54 bits per heavy atom. The minimum atomic E-state index is 0.593. The molecule has 1 fully saturated rings. The molecule has 24 heavy (non-hydrogen) atoms. The van der Waals surface area contributed by atoms with Crippen molar-refractivity contribution in [3.8, 4) is 0 Å². The molecule has 1 aliphatic heterocycles. The minimum absolute atomic E-state index is 0.593. The summed E-state index contributed by atoms with van der Waals surface area (Å²) < 4.78 is 0. The molecule has 136 valence electrons. The van der Waals surface area contributed by atoms with Crippen molar-refractivity contribution in [2.45, 2.75) is 53.1 Å². The van der Waals surface area contributed by atoms with Gasteiger partial charge in [-0.2, -0.15) is 0 Å². The van der Waals surface area contributed by atoms with Crippen LogP contribution in [0.3, 0.4) is 0 Å². The van der Waals surface area contributed by atoms with Gasteiger partial charge in [0.25, 0.3) is 0 Å². The van der Waals surface area contributed by atoms with Crippen LogP contribution in [0.5, 0.6) is 0 Å². The molecular formula is C18H33N5S. The first-order chi connectivity index (χ1) is 11.5. The van der Waals surface area contributed by atoms with Gasteiger partial charge in [-0.15, -0.1) is 11.3 Å². The monoisotopic (exact) mass is 351 g/mol. The van der Waals surface area contributed by atoms with Crippen molar-refractivity contribution in [2.75, 3.05) is 33.2 Å². The summed E-state index contributed by atoms with van der Waals surface area (Å²) in [7, 11) is 2.09. The molecule has 0 bridgehead atoms. The lowest BCUT2D eigenvalue weighted by Crippen LogP contribution is -2.40. The van der Waals surface area contributed by atoms with E-state index in [0.717, 1.165) is 42.2 Å². The van der Waals surface area contributed by atoms with Crippen molar-refractivity contribution in [1.29, 1.82) is 0 Å². The Kier molecular flexibility index (Phi) is 7.49. The smallest absolute Gasteiger partial charge is 0.194 e. The first-order valence-electron chi connectivity index (χ1n) is 9.14. The molecule has 1 aliphatic rings. The summed E-state index contributed by atoms with van der Waals surface area (Å²) >= 11 is 1.71. The van der Waals surface area contributed by atoms with Crippen LogP contribution in [0.2, 0.25) is 0 Å². The zero-order chi connectivity index (χ0) is 17.5. The van der Waals surface area contributed by atoms with E-state index in [-0.39, 0.29) is 0 Å². The fourth-order valence-corrected chi connectivity index (χ4v) is 3.88. The summed E-state index contributed by atoms with van der Waals surface area (Å²) in [6.07, 6.45) is 2.57. The molecule has 1 aromatic rings. The lowest BCUT2D eigenvalue weighted by Gasteiger charge is -2.26. The number of hydrogen-bond acceptors (Lipinski definition) is 4. The van der Waals surface area contributed by atoms with Gasteiger partial charge in [0.2, 0.25) is 0 Å². The Hall–Kier alpha value is -1.14. The molecular weight excluding hydrogens is 318 g/mol. The van der Waals surface area contributed by atoms with Crippen LogP contribution in [0, 0.1) is 12.8 Å². The molecule has 2 rings (SSSR count). The molecule has 1 saturated heterocycles. The highest BCUT2D eigenvalue weighted by atomic mass is 32.1. The molecule has 1 aromatic heterocycles. The van der Waals surface area contributed by atoms with Crippen LogP contribution in [0.4, 0.5) is 0 Å². The highest BCUT2D eigenvalue weighted by Crippen LogP contribution is 2.19. The second kappa shape index (κ2) is 9.37. The van der Waals surface area contributed by atoms with Gasteiger partial charge in [0, 0.05) is 31.6 Å². The number of aromatic nitrogens is 1. The number of aliphatic imine (C=N–C) groups is 1. The normalized spacial score (nSPS) is 19.2. The summed E-state index contributed by atoms with van der Waals surface area (Å²) in [5, 5.41) is 6.68. The number of likely N-dealkylation sites (tertiary alicyclic amines) is 1. The van der Waals surface area contributed by atoms with Gasteiger partial charge in [-0.3, -0.25) is 9.89 Å². The minimum Gasteiger partial charge on any atom is -0.357 e. The summed E-state index contributed by atoms with van der Waals surface area (Å²) in [5.41, 5.74) is 1.12. The van der Waals surface area contributed by atoms with Crippen LogP contribution in [-0.2, 0) is 6.54 Å². The Morgan fingerprint density at radius 3 is 2.96 bits per heavy atom. The predicted molar refractivity (Wildman–Crippen MR) is 104 cm³/mol. The third-order valence-corrected chi connectivity index (χ3v) is 5.14. The number of aryl methyl sites for hydroxylation is 1. The zero-order valence-corrected chi connectivity index (χ0v) is 16.7. The Bertz CT molecular complexity index is 525. The van der Waals surface area contributed by atoms with Crippen LogP contribution >= 0.6 is 11.3 Å². The lowest BCUT2D eigenvalue weighted by atomic mass is 10.2. The van der Waals surface area contributed by atoms with E-state index in [9.17, 15) is 0 Å². The number of thiazole rings is 1. The fraction of sp³-hybridized carbons (Fsp3) is 0.778. The van der Waals surface area contributed by atoms with E-state index >= 15 is 0 Å². The number of nitrogens with zero attached hydrogens (tertiary/aromatic N) is 4. The molecule has 6 heteroatoms. The van der Waals surface area contributed by atoms with Gasteiger partial charge < -0.3 is 10.2 Å². The summed E-state index contributed by atoms with van der Waals surface area (Å²) in [5.74, 6) is 1.71. The largest absolute Gasteiger partial charge is 0.357 e. The maximum atomic E-state index is 4.92. The van der Waals surface area contributed by atoms with E-state index in [1.807, 2.05) is 0 Å². The Labute approximate surface area is 151 Å². The van der Waals surface area contributed by atoms with Crippen molar-refractivity contribution in [3.05, 3.63) is 16.1 Å².